The van der Waals surface area contributed by atoms with Crippen LogP contribution >= 0.6 is 11.3 Å². The first-order valence-electron chi connectivity index (χ1n) is 13.4. The number of aryl methyl sites for hydroxylation is 2. The van der Waals surface area contributed by atoms with Gasteiger partial charge in [0, 0.05) is 22.9 Å². The van der Waals surface area contributed by atoms with E-state index in [1.165, 1.54) is 15.9 Å². The standard InChI is InChI=1S/C32H29N5O2S/c1-4-5-17-39-26-15-16-27(22(3)18-26)29-24(20-36(34-29)25-9-7-6-8-10-25)19-28-31(38)37-32(40-28)33-30(35-37)23-13-11-21(2)12-14-23/h6-16,18-20H,4-5,17H2,1-3H3. The third kappa shape index (κ3) is 5.05. The summed E-state index contributed by atoms with van der Waals surface area (Å²) in [7, 11) is 0. The summed E-state index contributed by atoms with van der Waals surface area (Å²) in [4.78, 5) is 18.6. The lowest BCUT2D eigenvalue weighted by Crippen LogP contribution is -2.23. The van der Waals surface area contributed by atoms with Crippen molar-refractivity contribution in [3.8, 4) is 34.1 Å². The summed E-state index contributed by atoms with van der Waals surface area (Å²) in [5, 5.41) is 9.46. The van der Waals surface area contributed by atoms with Gasteiger partial charge in [-0.05, 0) is 62.2 Å². The Balaban J connectivity index is 1.43. The molecule has 0 aliphatic rings. The maximum absolute atomic E-state index is 13.4. The van der Waals surface area contributed by atoms with E-state index in [-0.39, 0.29) is 5.56 Å². The molecule has 0 amide bonds. The van der Waals surface area contributed by atoms with Crippen LogP contribution in [-0.2, 0) is 0 Å². The van der Waals surface area contributed by atoms with E-state index in [1.807, 2.05) is 96.7 Å². The van der Waals surface area contributed by atoms with Gasteiger partial charge in [-0.1, -0.05) is 72.7 Å². The van der Waals surface area contributed by atoms with E-state index in [0.717, 1.165) is 57.8 Å². The quantitative estimate of drug-likeness (QED) is 0.218. The van der Waals surface area contributed by atoms with Crippen molar-refractivity contribution >= 4 is 22.4 Å². The first kappa shape index (κ1) is 25.7. The van der Waals surface area contributed by atoms with Gasteiger partial charge >= 0.3 is 0 Å². The first-order chi connectivity index (χ1) is 19.5. The fraction of sp³-hybridized carbons (Fsp3) is 0.188. The Morgan fingerprint density at radius 2 is 1.77 bits per heavy atom. The van der Waals surface area contributed by atoms with Gasteiger partial charge in [-0.25, -0.2) is 4.68 Å². The van der Waals surface area contributed by atoms with E-state index < -0.39 is 0 Å². The van der Waals surface area contributed by atoms with Crippen molar-refractivity contribution in [2.75, 3.05) is 6.61 Å². The zero-order chi connectivity index (χ0) is 27.6. The average Bonchev–Trinajstić information content (AvgIpc) is 3.65. The molecule has 0 N–H and O–H groups in total. The Kier molecular flexibility index (Phi) is 7.00. The lowest BCUT2D eigenvalue weighted by Gasteiger charge is -2.09. The molecule has 0 atom stereocenters. The van der Waals surface area contributed by atoms with Crippen molar-refractivity contribution in [1.82, 2.24) is 24.4 Å². The Morgan fingerprint density at radius 3 is 2.50 bits per heavy atom. The molecule has 0 saturated carbocycles. The van der Waals surface area contributed by atoms with Crippen LogP contribution in [0.2, 0.25) is 0 Å². The number of para-hydroxylation sites is 1. The molecule has 0 aliphatic heterocycles. The third-order valence-electron chi connectivity index (χ3n) is 6.76. The molecule has 8 heteroatoms. The van der Waals surface area contributed by atoms with Gasteiger partial charge < -0.3 is 4.74 Å². The highest BCUT2D eigenvalue weighted by Gasteiger charge is 2.16. The van der Waals surface area contributed by atoms with E-state index in [1.54, 1.807) is 0 Å². The van der Waals surface area contributed by atoms with Crippen molar-refractivity contribution in [3.63, 3.8) is 0 Å². The average molecular weight is 548 g/mol. The second-order valence-electron chi connectivity index (χ2n) is 9.80. The van der Waals surface area contributed by atoms with Gasteiger partial charge in [0.25, 0.3) is 5.56 Å². The van der Waals surface area contributed by atoms with Crippen LogP contribution in [-0.4, -0.2) is 31.0 Å². The van der Waals surface area contributed by atoms with E-state index in [9.17, 15) is 4.79 Å². The normalized spacial score (nSPS) is 11.9. The smallest absolute Gasteiger partial charge is 0.291 e. The minimum absolute atomic E-state index is 0.194. The number of ether oxygens (including phenoxy) is 1. The number of aromatic nitrogens is 5. The minimum Gasteiger partial charge on any atom is -0.494 e. The summed E-state index contributed by atoms with van der Waals surface area (Å²) < 4.78 is 9.71. The molecule has 0 spiro atoms. The molecular weight excluding hydrogens is 518 g/mol. The number of unbranched alkanes of at least 4 members (excludes halogenated alkanes) is 1. The lowest BCUT2D eigenvalue weighted by atomic mass is 10.0. The molecule has 0 saturated heterocycles. The van der Waals surface area contributed by atoms with E-state index >= 15 is 0 Å². The molecule has 0 bridgehead atoms. The van der Waals surface area contributed by atoms with Crippen molar-refractivity contribution in [1.29, 1.82) is 0 Å². The van der Waals surface area contributed by atoms with Crippen LogP contribution in [0.5, 0.6) is 5.75 Å². The fourth-order valence-corrected chi connectivity index (χ4v) is 5.44. The van der Waals surface area contributed by atoms with Crippen molar-refractivity contribution < 1.29 is 4.74 Å². The molecule has 0 fully saturated rings. The van der Waals surface area contributed by atoms with Crippen LogP contribution in [0.25, 0.3) is 39.4 Å². The van der Waals surface area contributed by atoms with E-state index in [0.29, 0.717) is 21.9 Å². The second-order valence-corrected chi connectivity index (χ2v) is 10.8. The molecule has 0 aliphatic carbocycles. The molecular formula is C32H29N5O2S. The number of hydrogen-bond donors (Lipinski definition) is 0. The number of fused-ring (bicyclic) bond motifs is 1. The lowest BCUT2D eigenvalue weighted by molar-refractivity contribution is 0.309. The van der Waals surface area contributed by atoms with Gasteiger partial charge in [-0.2, -0.15) is 14.6 Å². The molecule has 0 unspecified atom stereocenters. The van der Waals surface area contributed by atoms with Gasteiger partial charge in [0.05, 0.1) is 16.8 Å². The zero-order valence-corrected chi connectivity index (χ0v) is 23.5. The molecule has 3 heterocycles. The molecule has 200 valence electrons. The molecule has 6 aromatic rings. The summed E-state index contributed by atoms with van der Waals surface area (Å²) in [6.45, 7) is 6.94. The largest absolute Gasteiger partial charge is 0.494 e. The molecule has 3 aromatic heterocycles. The molecule has 3 aromatic carbocycles. The summed E-state index contributed by atoms with van der Waals surface area (Å²) in [5.41, 5.74) is 6.45. The maximum atomic E-state index is 13.4. The van der Waals surface area contributed by atoms with Gasteiger partial charge in [0.15, 0.2) is 5.82 Å². The Bertz CT molecular complexity index is 1900. The highest BCUT2D eigenvalue weighted by atomic mass is 32.1. The fourth-order valence-electron chi connectivity index (χ4n) is 4.54. The van der Waals surface area contributed by atoms with E-state index in [4.69, 9.17) is 9.84 Å². The molecule has 0 radical (unpaired) electrons. The highest BCUT2D eigenvalue weighted by molar-refractivity contribution is 7.15. The van der Waals surface area contributed by atoms with Gasteiger partial charge in [0.1, 0.15) is 11.4 Å². The Hall–Kier alpha value is -4.56. The Labute approximate surface area is 236 Å². The SMILES string of the molecule is CCCCOc1ccc(-c2nn(-c3ccccc3)cc2C=c2sc3nc(-c4ccc(C)cc4)nn3c2=O)c(C)c1. The number of nitrogens with zero attached hydrogens (tertiary/aromatic N) is 5. The number of hydrogen-bond acceptors (Lipinski definition) is 6. The Morgan fingerprint density at radius 1 is 0.975 bits per heavy atom. The zero-order valence-electron chi connectivity index (χ0n) is 22.7. The summed E-state index contributed by atoms with van der Waals surface area (Å²) in [6, 6.07) is 24.0. The minimum atomic E-state index is -0.194. The van der Waals surface area contributed by atoms with Gasteiger partial charge in [-0.3, -0.25) is 4.79 Å². The van der Waals surface area contributed by atoms with Crippen molar-refractivity contribution in [2.45, 2.75) is 33.6 Å². The van der Waals surface area contributed by atoms with Crippen molar-refractivity contribution in [2.24, 2.45) is 0 Å². The molecule has 6 rings (SSSR count). The van der Waals surface area contributed by atoms with Crippen molar-refractivity contribution in [3.05, 3.63) is 111 Å². The summed E-state index contributed by atoms with van der Waals surface area (Å²) in [5.74, 6) is 1.39. The monoisotopic (exact) mass is 547 g/mol. The van der Waals surface area contributed by atoms with Crippen LogP contribution < -0.4 is 14.8 Å². The van der Waals surface area contributed by atoms with Crippen LogP contribution in [0.1, 0.15) is 36.5 Å². The topological polar surface area (TPSA) is 74.3 Å². The van der Waals surface area contributed by atoms with Crippen LogP contribution in [0.3, 0.4) is 0 Å². The van der Waals surface area contributed by atoms with Crippen LogP contribution in [0.4, 0.5) is 0 Å². The second kappa shape index (κ2) is 10.9. The molecule has 7 nitrogen and oxygen atoms in total. The predicted octanol–water partition coefficient (Wildman–Crippen LogP) is 6.01. The van der Waals surface area contributed by atoms with E-state index in [2.05, 4.69) is 23.9 Å². The van der Waals surface area contributed by atoms with Gasteiger partial charge in [-0.15, -0.1) is 5.10 Å². The number of rotatable bonds is 8. The van der Waals surface area contributed by atoms with Crippen LogP contribution in [0, 0.1) is 13.8 Å². The summed E-state index contributed by atoms with van der Waals surface area (Å²) in [6.07, 6.45) is 5.96. The first-order valence-corrected chi connectivity index (χ1v) is 14.2. The molecule has 40 heavy (non-hydrogen) atoms. The van der Waals surface area contributed by atoms with Crippen LogP contribution in [0.15, 0.2) is 83.8 Å². The number of benzene rings is 3. The predicted molar refractivity (Wildman–Crippen MR) is 160 cm³/mol. The highest BCUT2D eigenvalue weighted by Crippen LogP contribution is 2.30. The third-order valence-corrected chi connectivity index (χ3v) is 7.72. The maximum Gasteiger partial charge on any atom is 0.291 e. The summed E-state index contributed by atoms with van der Waals surface area (Å²) >= 11 is 1.33. The van der Waals surface area contributed by atoms with Gasteiger partial charge in [0.2, 0.25) is 4.96 Å². The number of thiazole rings is 1.